The fourth-order valence-electron chi connectivity index (χ4n) is 3.08. The van der Waals surface area contributed by atoms with Crippen molar-refractivity contribution in [2.75, 3.05) is 17.6 Å². The van der Waals surface area contributed by atoms with Crippen LogP contribution in [-0.2, 0) is 4.79 Å². The quantitative estimate of drug-likeness (QED) is 0.395. The molecule has 1 aliphatic rings. The number of hydrogen-bond acceptors (Lipinski definition) is 9. The lowest BCUT2D eigenvalue weighted by atomic mass is 10.1. The number of nitrogens with zero attached hydrogens (tertiary/aromatic N) is 5. The lowest BCUT2D eigenvalue weighted by Gasteiger charge is -2.16. The third kappa shape index (κ3) is 3.33. The maximum Gasteiger partial charge on any atom is 0.309 e. The van der Waals surface area contributed by atoms with Gasteiger partial charge in [-0.3, -0.25) is 4.79 Å². The van der Waals surface area contributed by atoms with Gasteiger partial charge in [-0.25, -0.2) is 14.6 Å². The number of aliphatic carboxylic acids is 1. The second-order valence-electron chi connectivity index (χ2n) is 6.17. The highest BCUT2D eigenvalue weighted by molar-refractivity contribution is 7.99. The van der Waals surface area contributed by atoms with Crippen molar-refractivity contribution in [3.63, 3.8) is 0 Å². The van der Waals surface area contributed by atoms with Gasteiger partial charge in [-0.05, 0) is 19.8 Å². The van der Waals surface area contributed by atoms with E-state index >= 15 is 0 Å². The molecule has 1 aliphatic carbocycles. The van der Waals surface area contributed by atoms with Crippen LogP contribution in [0.1, 0.15) is 32.7 Å². The largest absolute Gasteiger partial charge is 0.481 e. The summed E-state index contributed by atoms with van der Waals surface area (Å²) in [7, 11) is 0. The fourth-order valence-corrected chi connectivity index (χ4v) is 3.77. The average Bonchev–Trinajstić information content (AvgIpc) is 3.15. The van der Waals surface area contributed by atoms with Crippen molar-refractivity contribution in [3.05, 3.63) is 0 Å². The van der Waals surface area contributed by atoms with Gasteiger partial charge in [0.25, 0.3) is 0 Å². The van der Waals surface area contributed by atoms with Gasteiger partial charge in [0.05, 0.1) is 18.1 Å². The Morgan fingerprint density at radius 1 is 1.31 bits per heavy atom. The molecular weight excluding hydrogens is 360 g/mol. The number of aliphatic hydroxyl groups excluding tert-OH is 2. The number of carbonyl (C=O) groups is 1. The number of carboxylic acids is 1. The molecule has 0 radical (unpaired) electrons. The highest BCUT2D eigenvalue weighted by Crippen LogP contribution is 2.37. The van der Waals surface area contributed by atoms with E-state index < -0.39 is 30.1 Å². The number of aromatic nitrogens is 5. The fraction of sp³-hybridized carbons (Fsp3) is 0.667. The molecule has 142 valence electrons. The van der Waals surface area contributed by atoms with Crippen molar-refractivity contribution < 1.29 is 20.1 Å². The summed E-state index contributed by atoms with van der Waals surface area (Å²) in [6.07, 6.45) is -1.60. The molecule has 0 amide bonds. The Morgan fingerprint density at radius 2 is 2.08 bits per heavy atom. The van der Waals surface area contributed by atoms with E-state index in [1.54, 1.807) is 0 Å². The van der Waals surface area contributed by atoms with E-state index in [0.717, 1.165) is 12.2 Å². The summed E-state index contributed by atoms with van der Waals surface area (Å²) >= 11 is 1.50. The third-order valence-corrected chi connectivity index (χ3v) is 5.42. The second kappa shape index (κ2) is 7.72. The zero-order valence-electron chi connectivity index (χ0n) is 14.5. The molecule has 11 heteroatoms. The molecule has 0 aromatic carbocycles. The van der Waals surface area contributed by atoms with Crippen LogP contribution in [0.15, 0.2) is 5.16 Å². The molecule has 1 fully saturated rings. The van der Waals surface area contributed by atoms with Crippen molar-refractivity contribution in [2.45, 2.75) is 50.1 Å². The monoisotopic (exact) mass is 382 g/mol. The topological polar surface area (TPSA) is 146 Å². The molecule has 4 N–H and O–H groups in total. The van der Waals surface area contributed by atoms with Gasteiger partial charge in [0.15, 0.2) is 22.1 Å². The van der Waals surface area contributed by atoms with Crippen molar-refractivity contribution in [1.82, 2.24) is 25.0 Å². The number of hydrogen-bond donors (Lipinski definition) is 4. The number of anilines is 1. The molecule has 26 heavy (non-hydrogen) atoms. The van der Waals surface area contributed by atoms with Crippen molar-refractivity contribution in [3.8, 4) is 0 Å². The molecule has 0 spiro atoms. The summed E-state index contributed by atoms with van der Waals surface area (Å²) in [5.74, 6) is -0.807. The predicted molar refractivity (Wildman–Crippen MR) is 95.1 cm³/mol. The van der Waals surface area contributed by atoms with Crippen LogP contribution < -0.4 is 5.32 Å². The molecule has 1 saturated carbocycles. The first-order chi connectivity index (χ1) is 12.5. The van der Waals surface area contributed by atoms with Crippen molar-refractivity contribution in [2.24, 2.45) is 5.92 Å². The minimum absolute atomic E-state index is 0.0497. The predicted octanol–water partition coefficient (Wildman–Crippen LogP) is 0.523. The number of aliphatic hydroxyl groups is 2. The van der Waals surface area contributed by atoms with Crippen LogP contribution in [-0.4, -0.2) is 70.8 Å². The molecule has 0 bridgehead atoms. The molecule has 0 saturated heterocycles. The van der Waals surface area contributed by atoms with Crippen LogP contribution in [0.5, 0.6) is 0 Å². The van der Waals surface area contributed by atoms with E-state index in [2.05, 4.69) is 32.5 Å². The van der Waals surface area contributed by atoms with Crippen molar-refractivity contribution >= 4 is 34.7 Å². The van der Waals surface area contributed by atoms with Crippen LogP contribution >= 0.6 is 11.8 Å². The van der Waals surface area contributed by atoms with E-state index in [4.69, 9.17) is 0 Å². The van der Waals surface area contributed by atoms with Crippen LogP contribution in [0.4, 0.5) is 5.82 Å². The van der Waals surface area contributed by atoms with Crippen LogP contribution in [0.3, 0.4) is 0 Å². The smallest absolute Gasteiger partial charge is 0.309 e. The maximum atomic E-state index is 11.3. The van der Waals surface area contributed by atoms with Gasteiger partial charge in [0.2, 0.25) is 0 Å². The van der Waals surface area contributed by atoms with Crippen LogP contribution in [0.25, 0.3) is 11.2 Å². The number of fused-ring (bicyclic) bond motifs is 1. The van der Waals surface area contributed by atoms with Gasteiger partial charge in [0, 0.05) is 12.3 Å². The summed E-state index contributed by atoms with van der Waals surface area (Å²) in [4.78, 5) is 20.3. The lowest BCUT2D eigenvalue weighted by molar-refractivity contribution is -0.145. The summed E-state index contributed by atoms with van der Waals surface area (Å²) in [6.45, 7) is 4.64. The first kappa shape index (κ1) is 18.8. The molecule has 2 aromatic rings. The first-order valence-corrected chi connectivity index (χ1v) is 9.55. The lowest BCUT2D eigenvalue weighted by Crippen LogP contribution is -2.32. The highest BCUT2D eigenvalue weighted by atomic mass is 32.2. The summed E-state index contributed by atoms with van der Waals surface area (Å²) in [5.41, 5.74) is 0.866. The Balaban J connectivity index is 2.03. The molecule has 3 unspecified atom stereocenters. The van der Waals surface area contributed by atoms with E-state index in [0.29, 0.717) is 28.7 Å². The minimum Gasteiger partial charge on any atom is -0.481 e. The number of thioether (sulfide) groups is 1. The normalized spacial score (nSPS) is 25.7. The Morgan fingerprint density at radius 3 is 2.69 bits per heavy atom. The van der Waals surface area contributed by atoms with E-state index in [-0.39, 0.29) is 6.42 Å². The van der Waals surface area contributed by atoms with Gasteiger partial charge in [-0.1, -0.05) is 23.9 Å². The van der Waals surface area contributed by atoms with Crippen molar-refractivity contribution in [1.29, 1.82) is 0 Å². The van der Waals surface area contributed by atoms with Gasteiger partial charge >= 0.3 is 5.97 Å². The maximum absolute atomic E-state index is 11.3. The Hall–Kier alpha value is -1.98. The molecule has 0 aliphatic heterocycles. The standard InChI is InChI=1S/C15H22N6O4S/c1-3-5-26-15-17-12(16-4-2)9-13(18-15)21(20-19-9)8-6-7(14(24)25)10(22)11(8)23/h7-8,10-11,22-23H,3-6H2,1-2H3,(H,24,25)(H,16,17,18)/t7-,8?,10?,11?/m0/s1. The molecule has 4 atom stereocenters. The second-order valence-corrected chi connectivity index (χ2v) is 7.23. The summed E-state index contributed by atoms with van der Waals surface area (Å²) in [6, 6.07) is -0.718. The molecule has 10 nitrogen and oxygen atoms in total. The van der Waals surface area contributed by atoms with Gasteiger partial charge in [0.1, 0.15) is 6.10 Å². The molecular formula is C15H22N6O4S. The van der Waals surface area contributed by atoms with Gasteiger partial charge in [-0.2, -0.15) is 0 Å². The average molecular weight is 382 g/mol. The molecule has 3 rings (SSSR count). The molecule has 2 aromatic heterocycles. The third-order valence-electron chi connectivity index (χ3n) is 4.37. The highest BCUT2D eigenvalue weighted by Gasteiger charge is 2.47. The van der Waals surface area contributed by atoms with E-state index in [9.17, 15) is 20.1 Å². The number of carboxylic acid groups (broad SMARTS) is 1. The zero-order valence-corrected chi connectivity index (χ0v) is 15.3. The Bertz CT molecular complexity index is 800. The molecule has 2 heterocycles. The Kier molecular flexibility index (Phi) is 5.58. The number of rotatable bonds is 7. The van der Waals surface area contributed by atoms with Crippen LogP contribution in [0.2, 0.25) is 0 Å². The summed E-state index contributed by atoms with van der Waals surface area (Å²) < 4.78 is 1.41. The SMILES string of the molecule is CCCSc1nc(NCC)c2nnn(C3C[C@H](C(=O)O)C(O)C3O)c2n1. The van der Waals surface area contributed by atoms with Crippen LogP contribution in [0, 0.1) is 5.92 Å². The van der Waals surface area contributed by atoms with E-state index in [1.165, 1.54) is 16.4 Å². The van der Waals surface area contributed by atoms with Gasteiger partial charge in [-0.15, -0.1) is 5.10 Å². The minimum atomic E-state index is -1.36. The number of nitrogens with one attached hydrogen (secondary N) is 1. The Labute approximate surface area is 154 Å². The van der Waals surface area contributed by atoms with E-state index in [1.807, 2.05) is 6.92 Å². The summed E-state index contributed by atoms with van der Waals surface area (Å²) in [5, 5.41) is 41.5. The zero-order chi connectivity index (χ0) is 18.8. The van der Waals surface area contributed by atoms with Gasteiger partial charge < -0.3 is 20.6 Å². The first-order valence-electron chi connectivity index (χ1n) is 8.56.